The first kappa shape index (κ1) is 13.8. The van der Waals surface area contributed by atoms with Crippen molar-refractivity contribution in [3.05, 3.63) is 58.3 Å². The molecule has 1 N–H and O–H groups in total. The Kier molecular flexibility index (Phi) is 5.12. The zero-order chi connectivity index (χ0) is 13.5. The maximum Gasteiger partial charge on any atom is 0.328 e. The summed E-state index contributed by atoms with van der Waals surface area (Å²) >= 11 is 1.56. The lowest BCUT2D eigenvalue weighted by Crippen LogP contribution is -2.29. The van der Waals surface area contributed by atoms with Gasteiger partial charge in [-0.25, -0.2) is 4.79 Å². The lowest BCUT2D eigenvalue weighted by atomic mass is 10.2. The van der Waals surface area contributed by atoms with Crippen LogP contribution < -0.4 is 5.32 Å². The van der Waals surface area contributed by atoms with Gasteiger partial charge in [0.2, 0.25) is 0 Å². The lowest BCUT2D eigenvalue weighted by molar-refractivity contribution is -0.145. The minimum Gasteiger partial charge on any atom is -0.465 e. The van der Waals surface area contributed by atoms with Crippen molar-refractivity contribution in [3.8, 4) is 0 Å². The number of benzene rings is 1. The fraction of sp³-hybridized carbons (Fsp3) is 0.267. The first-order valence-electron chi connectivity index (χ1n) is 6.28. The molecule has 2 aromatic rings. The van der Waals surface area contributed by atoms with E-state index in [1.807, 2.05) is 54.8 Å². The van der Waals surface area contributed by atoms with Crippen LogP contribution in [0.3, 0.4) is 0 Å². The van der Waals surface area contributed by atoms with E-state index in [0.29, 0.717) is 13.2 Å². The van der Waals surface area contributed by atoms with E-state index >= 15 is 0 Å². The summed E-state index contributed by atoms with van der Waals surface area (Å²) in [5, 5.41) is 5.22. The van der Waals surface area contributed by atoms with Crippen LogP contribution in [0.2, 0.25) is 0 Å². The van der Waals surface area contributed by atoms with Crippen molar-refractivity contribution in [2.24, 2.45) is 0 Å². The molecule has 3 nitrogen and oxygen atoms in total. The van der Waals surface area contributed by atoms with Gasteiger partial charge in [-0.1, -0.05) is 36.4 Å². The number of rotatable bonds is 6. The zero-order valence-corrected chi connectivity index (χ0v) is 11.7. The molecule has 0 bridgehead atoms. The van der Waals surface area contributed by atoms with E-state index < -0.39 is 0 Å². The first-order chi connectivity index (χ1) is 9.31. The van der Waals surface area contributed by atoms with Gasteiger partial charge in [0.05, 0.1) is 6.61 Å². The number of ether oxygens (including phenoxy) is 1. The maximum absolute atomic E-state index is 12.0. The summed E-state index contributed by atoms with van der Waals surface area (Å²) in [5.74, 6) is -0.221. The minimum atomic E-state index is -0.389. The molecule has 0 fully saturated rings. The van der Waals surface area contributed by atoms with E-state index in [0.717, 1.165) is 10.4 Å². The number of thiophene rings is 1. The predicted octanol–water partition coefficient (Wildman–Crippen LogP) is 3.14. The van der Waals surface area contributed by atoms with Crippen molar-refractivity contribution in [3.63, 3.8) is 0 Å². The van der Waals surface area contributed by atoms with Gasteiger partial charge >= 0.3 is 5.97 Å². The standard InChI is InChI=1S/C15H17NO2S/c1-2-18-15(17)14(13-9-6-10-19-13)16-11-12-7-4-3-5-8-12/h3-10,14,16H,2,11H2,1H3. The Bertz CT molecular complexity index is 496. The zero-order valence-electron chi connectivity index (χ0n) is 10.8. The van der Waals surface area contributed by atoms with Gasteiger partial charge in [-0.05, 0) is 23.9 Å². The molecule has 1 aromatic carbocycles. The summed E-state index contributed by atoms with van der Waals surface area (Å²) in [6.45, 7) is 2.86. The normalized spacial score (nSPS) is 12.1. The summed E-state index contributed by atoms with van der Waals surface area (Å²) in [4.78, 5) is 13.0. The Balaban J connectivity index is 2.04. The summed E-state index contributed by atoms with van der Waals surface area (Å²) in [6.07, 6.45) is 0. The van der Waals surface area contributed by atoms with Gasteiger partial charge in [-0.15, -0.1) is 11.3 Å². The third kappa shape index (κ3) is 3.91. The molecule has 2 rings (SSSR count). The van der Waals surface area contributed by atoms with Gasteiger partial charge in [0.25, 0.3) is 0 Å². The van der Waals surface area contributed by atoms with Gasteiger partial charge in [0, 0.05) is 11.4 Å². The van der Waals surface area contributed by atoms with Crippen LogP contribution in [0.5, 0.6) is 0 Å². The number of esters is 1. The van der Waals surface area contributed by atoms with Crippen molar-refractivity contribution in [1.29, 1.82) is 0 Å². The molecule has 1 unspecified atom stereocenters. The number of carbonyl (C=O) groups excluding carboxylic acids is 1. The third-order valence-electron chi connectivity index (χ3n) is 2.70. The smallest absolute Gasteiger partial charge is 0.328 e. The van der Waals surface area contributed by atoms with E-state index in [1.165, 1.54) is 0 Å². The molecule has 0 saturated heterocycles. The number of carbonyl (C=O) groups is 1. The van der Waals surface area contributed by atoms with Crippen LogP contribution >= 0.6 is 11.3 Å². The van der Waals surface area contributed by atoms with Crippen LogP contribution in [0.25, 0.3) is 0 Å². The fourth-order valence-electron chi connectivity index (χ4n) is 1.80. The molecular weight excluding hydrogens is 258 g/mol. The van der Waals surface area contributed by atoms with E-state index in [4.69, 9.17) is 4.74 Å². The van der Waals surface area contributed by atoms with Crippen molar-refractivity contribution in [2.45, 2.75) is 19.5 Å². The van der Waals surface area contributed by atoms with Gasteiger partial charge in [0.1, 0.15) is 6.04 Å². The van der Waals surface area contributed by atoms with E-state index in [9.17, 15) is 4.79 Å². The van der Waals surface area contributed by atoms with Crippen molar-refractivity contribution < 1.29 is 9.53 Å². The highest BCUT2D eigenvalue weighted by Gasteiger charge is 2.22. The molecule has 19 heavy (non-hydrogen) atoms. The van der Waals surface area contributed by atoms with Gasteiger partial charge in [-0.3, -0.25) is 5.32 Å². The van der Waals surface area contributed by atoms with E-state index in [2.05, 4.69) is 5.32 Å². The molecule has 0 aliphatic rings. The Labute approximate surface area is 117 Å². The second-order valence-electron chi connectivity index (χ2n) is 4.07. The molecule has 0 aliphatic heterocycles. The molecule has 1 heterocycles. The molecule has 1 aromatic heterocycles. The number of hydrogen-bond acceptors (Lipinski definition) is 4. The van der Waals surface area contributed by atoms with Crippen LogP contribution in [0.1, 0.15) is 23.4 Å². The van der Waals surface area contributed by atoms with Crippen molar-refractivity contribution in [1.82, 2.24) is 5.32 Å². The molecule has 0 aliphatic carbocycles. The third-order valence-corrected chi connectivity index (χ3v) is 3.64. The molecular formula is C15H17NO2S. The van der Waals surface area contributed by atoms with Crippen LogP contribution in [0.4, 0.5) is 0 Å². The minimum absolute atomic E-state index is 0.221. The van der Waals surface area contributed by atoms with E-state index in [-0.39, 0.29) is 12.0 Å². The summed E-state index contributed by atoms with van der Waals surface area (Å²) in [5.41, 5.74) is 1.15. The highest BCUT2D eigenvalue weighted by atomic mass is 32.1. The Morgan fingerprint density at radius 2 is 2.05 bits per heavy atom. The molecule has 4 heteroatoms. The number of nitrogens with one attached hydrogen (secondary N) is 1. The monoisotopic (exact) mass is 275 g/mol. The molecule has 1 atom stereocenters. The largest absolute Gasteiger partial charge is 0.465 e. The molecule has 0 amide bonds. The summed E-state index contributed by atoms with van der Waals surface area (Å²) in [6, 6.07) is 13.5. The second-order valence-corrected chi connectivity index (χ2v) is 5.05. The average molecular weight is 275 g/mol. The average Bonchev–Trinajstić information content (AvgIpc) is 2.94. The Hall–Kier alpha value is -1.65. The van der Waals surface area contributed by atoms with Gasteiger partial charge in [0.15, 0.2) is 0 Å². The molecule has 100 valence electrons. The lowest BCUT2D eigenvalue weighted by Gasteiger charge is -2.16. The first-order valence-corrected chi connectivity index (χ1v) is 7.16. The van der Waals surface area contributed by atoms with Crippen molar-refractivity contribution in [2.75, 3.05) is 6.61 Å². The van der Waals surface area contributed by atoms with Gasteiger partial charge < -0.3 is 4.74 Å². The topological polar surface area (TPSA) is 38.3 Å². The Morgan fingerprint density at radius 1 is 1.26 bits per heavy atom. The number of hydrogen-bond donors (Lipinski definition) is 1. The summed E-state index contributed by atoms with van der Waals surface area (Å²) < 4.78 is 5.12. The highest BCUT2D eigenvalue weighted by Crippen LogP contribution is 2.20. The second kappa shape index (κ2) is 7.07. The van der Waals surface area contributed by atoms with Crippen LogP contribution in [0, 0.1) is 0 Å². The van der Waals surface area contributed by atoms with Crippen LogP contribution in [0.15, 0.2) is 47.8 Å². The Morgan fingerprint density at radius 3 is 2.68 bits per heavy atom. The van der Waals surface area contributed by atoms with Gasteiger partial charge in [-0.2, -0.15) is 0 Å². The quantitative estimate of drug-likeness (QED) is 0.823. The van der Waals surface area contributed by atoms with Crippen LogP contribution in [-0.2, 0) is 16.1 Å². The SMILES string of the molecule is CCOC(=O)C(NCc1ccccc1)c1cccs1. The van der Waals surface area contributed by atoms with Crippen LogP contribution in [-0.4, -0.2) is 12.6 Å². The highest BCUT2D eigenvalue weighted by molar-refractivity contribution is 7.10. The maximum atomic E-state index is 12.0. The van der Waals surface area contributed by atoms with Crippen molar-refractivity contribution >= 4 is 17.3 Å². The molecule has 0 saturated carbocycles. The van der Waals surface area contributed by atoms with E-state index in [1.54, 1.807) is 11.3 Å². The fourth-order valence-corrected chi connectivity index (χ4v) is 2.58. The summed E-state index contributed by atoms with van der Waals surface area (Å²) in [7, 11) is 0. The molecule has 0 radical (unpaired) electrons. The molecule has 0 spiro atoms. The predicted molar refractivity (Wildman–Crippen MR) is 77.0 cm³/mol.